The molecule has 1 fully saturated rings. The summed E-state index contributed by atoms with van der Waals surface area (Å²) < 4.78 is 5.29. The first kappa shape index (κ1) is 19.5. The zero-order chi connectivity index (χ0) is 21.0. The molecule has 5 heteroatoms. The monoisotopic (exact) mass is 410 g/mol. The number of fused-ring (bicyclic) bond motifs is 1. The minimum absolute atomic E-state index is 0.298. The number of anilines is 1. The number of nitrogens with one attached hydrogen (secondary N) is 1. The molecule has 0 saturated carbocycles. The molecule has 1 N–H and O–H groups in total. The zero-order valence-electron chi connectivity index (χ0n) is 17.6. The molecular weight excluding hydrogens is 384 g/mol. The van der Waals surface area contributed by atoms with Gasteiger partial charge in [-0.1, -0.05) is 60.7 Å². The molecule has 1 saturated heterocycles. The maximum absolute atomic E-state index is 5.29. The van der Waals surface area contributed by atoms with Gasteiger partial charge in [0.25, 0.3) is 0 Å². The van der Waals surface area contributed by atoms with Crippen LogP contribution >= 0.6 is 0 Å². The van der Waals surface area contributed by atoms with Crippen LogP contribution in [0.15, 0.2) is 85.1 Å². The Bertz CT molecular complexity index is 1100. The van der Waals surface area contributed by atoms with E-state index >= 15 is 0 Å². The van der Waals surface area contributed by atoms with Gasteiger partial charge in [-0.05, 0) is 23.3 Å². The molecule has 1 aliphatic rings. The molecule has 0 atom stereocenters. The molecule has 0 amide bonds. The average Bonchev–Trinajstić information content (AvgIpc) is 2.81. The molecule has 2 aromatic carbocycles. The van der Waals surface area contributed by atoms with Crippen LogP contribution in [-0.4, -0.2) is 41.6 Å². The second kappa shape index (κ2) is 8.74. The van der Waals surface area contributed by atoms with Gasteiger partial charge in [-0.25, -0.2) is 4.98 Å². The molecule has 5 nitrogen and oxygen atoms in total. The Hall–Kier alpha value is -3.44. The molecule has 156 valence electrons. The van der Waals surface area contributed by atoms with E-state index in [0.717, 1.165) is 36.4 Å². The molecule has 0 spiro atoms. The van der Waals surface area contributed by atoms with Crippen LogP contribution in [0.2, 0.25) is 0 Å². The highest BCUT2D eigenvalue weighted by atomic mass is 16.5. The zero-order valence-corrected chi connectivity index (χ0v) is 17.6. The van der Waals surface area contributed by atoms with E-state index in [1.165, 1.54) is 11.1 Å². The van der Waals surface area contributed by atoms with Crippen molar-refractivity contribution in [2.45, 2.75) is 6.04 Å². The first-order valence-corrected chi connectivity index (χ1v) is 10.7. The van der Waals surface area contributed by atoms with Crippen LogP contribution in [-0.2, 0) is 0 Å². The van der Waals surface area contributed by atoms with Crippen LogP contribution in [0.25, 0.3) is 11.0 Å². The second-order valence-corrected chi connectivity index (χ2v) is 8.00. The molecule has 2 aromatic heterocycles. The van der Waals surface area contributed by atoms with Gasteiger partial charge in [0.2, 0.25) is 5.88 Å². The molecule has 0 radical (unpaired) electrons. The van der Waals surface area contributed by atoms with Crippen LogP contribution in [0.5, 0.6) is 5.88 Å². The fourth-order valence-corrected chi connectivity index (χ4v) is 4.35. The lowest BCUT2D eigenvalue weighted by atomic mass is 9.90. The molecule has 4 aromatic rings. The van der Waals surface area contributed by atoms with E-state index in [4.69, 9.17) is 4.74 Å². The summed E-state index contributed by atoms with van der Waals surface area (Å²) in [5, 5.41) is 3.60. The standard InChI is InChI=1S/C26H26N4O/c1-31-24-13-12-22-25(29-24)23(14-15-27-22)28-16-19-17-30(18-19)26(20-8-4-2-5-9-20)21-10-6-3-7-11-21/h2-15,19,26H,16-18H2,1H3,(H,27,28). The Balaban J connectivity index is 1.28. The SMILES string of the molecule is COc1ccc2nccc(NCC3CN(C(c4ccccc4)c4ccccc4)C3)c2n1. The van der Waals surface area contributed by atoms with Gasteiger partial charge in [0, 0.05) is 37.8 Å². The first-order valence-electron chi connectivity index (χ1n) is 10.7. The molecule has 0 bridgehead atoms. The van der Waals surface area contributed by atoms with Gasteiger partial charge in [0.05, 0.1) is 24.4 Å². The maximum Gasteiger partial charge on any atom is 0.213 e. The number of ether oxygens (including phenoxy) is 1. The quantitative estimate of drug-likeness (QED) is 0.476. The second-order valence-electron chi connectivity index (χ2n) is 8.00. The first-order chi connectivity index (χ1) is 15.3. The lowest BCUT2D eigenvalue weighted by Crippen LogP contribution is -2.51. The van der Waals surface area contributed by atoms with E-state index in [0.29, 0.717) is 17.8 Å². The fourth-order valence-electron chi connectivity index (χ4n) is 4.35. The minimum atomic E-state index is 0.298. The lowest BCUT2D eigenvalue weighted by Gasteiger charge is -2.45. The van der Waals surface area contributed by atoms with Crippen LogP contribution < -0.4 is 10.1 Å². The lowest BCUT2D eigenvalue weighted by molar-refractivity contribution is 0.0761. The Morgan fingerprint density at radius 3 is 2.26 bits per heavy atom. The van der Waals surface area contributed by atoms with Gasteiger partial charge in [-0.2, -0.15) is 0 Å². The van der Waals surface area contributed by atoms with Crippen LogP contribution in [0, 0.1) is 5.92 Å². The molecule has 5 rings (SSSR count). The molecular formula is C26H26N4O. The van der Waals surface area contributed by atoms with Crippen molar-refractivity contribution in [1.82, 2.24) is 14.9 Å². The van der Waals surface area contributed by atoms with Crippen LogP contribution in [0.4, 0.5) is 5.69 Å². The summed E-state index contributed by atoms with van der Waals surface area (Å²) >= 11 is 0. The van der Waals surface area contributed by atoms with Crippen molar-refractivity contribution in [3.63, 3.8) is 0 Å². The maximum atomic E-state index is 5.29. The number of pyridine rings is 2. The van der Waals surface area contributed by atoms with E-state index in [1.54, 1.807) is 7.11 Å². The highest BCUT2D eigenvalue weighted by molar-refractivity contribution is 5.87. The Morgan fingerprint density at radius 1 is 0.935 bits per heavy atom. The number of rotatable bonds is 7. The van der Waals surface area contributed by atoms with E-state index in [-0.39, 0.29) is 0 Å². The van der Waals surface area contributed by atoms with Crippen molar-refractivity contribution in [2.24, 2.45) is 5.92 Å². The van der Waals surface area contributed by atoms with Gasteiger partial charge < -0.3 is 10.1 Å². The topological polar surface area (TPSA) is 50.3 Å². The number of aromatic nitrogens is 2. The summed E-state index contributed by atoms with van der Waals surface area (Å²) in [5.41, 5.74) is 5.41. The van der Waals surface area contributed by atoms with Crippen LogP contribution in [0.3, 0.4) is 0 Å². The number of hydrogen-bond donors (Lipinski definition) is 1. The number of benzene rings is 2. The predicted molar refractivity (Wildman–Crippen MR) is 124 cm³/mol. The van der Waals surface area contributed by atoms with Crippen molar-refractivity contribution in [1.29, 1.82) is 0 Å². The molecule has 3 heterocycles. The summed E-state index contributed by atoms with van der Waals surface area (Å²) in [6.07, 6.45) is 1.83. The van der Waals surface area contributed by atoms with Crippen molar-refractivity contribution < 1.29 is 4.74 Å². The minimum Gasteiger partial charge on any atom is -0.481 e. The largest absolute Gasteiger partial charge is 0.481 e. The number of methoxy groups -OCH3 is 1. The summed E-state index contributed by atoms with van der Waals surface area (Å²) in [4.78, 5) is 11.6. The third kappa shape index (κ3) is 4.09. The summed E-state index contributed by atoms with van der Waals surface area (Å²) in [6.45, 7) is 3.02. The van der Waals surface area contributed by atoms with Gasteiger partial charge in [0.1, 0.15) is 5.52 Å². The van der Waals surface area contributed by atoms with Crippen molar-refractivity contribution in [2.75, 3.05) is 32.1 Å². The Morgan fingerprint density at radius 2 is 1.61 bits per heavy atom. The van der Waals surface area contributed by atoms with Gasteiger partial charge in [-0.15, -0.1) is 0 Å². The highest BCUT2D eigenvalue weighted by Gasteiger charge is 2.33. The van der Waals surface area contributed by atoms with Crippen molar-refractivity contribution >= 4 is 16.7 Å². The van der Waals surface area contributed by atoms with E-state index in [9.17, 15) is 0 Å². The molecule has 0 unspecified atom stereocenters. The van der Waals surface area contributed by atoms with Gasteiger partial charge in [-0.3, -0.25) is 9.88 Å². The van der Waals surface area contributed by atoms with Crippen LogP contribution in [0.1, 0.15) is 17.2 Å². The molecule has 1 aliphatic heterocycles. The van der Waals surface area contributed by atoms with E-state index in [2.05, 4.69) is 80.8 Å². The predicted octanol–water partition coefficient (Wildman–Crippen LogP) is 4.77. The number of hydrogen-bond acceptors (Lipinski definition) is 5. The highest BCUT2D eigenvalue weighted by Crippen LogP contribution is 2.34. The average molecular weight is 411 g/mol. The number of nitrogens with zero attached hydrogens (tertiary/aromatic N) is 3. The summed E-state index contributed by atoms with van der Waals surface area (Å²) in [5.74, 6) is 1.19. The fraction of sp³-hybridized carbons (Fsp3) is 0.231. The summed E-state index contributed by atoms with van der Waals surface area (Å²) in [7, 11) is 1.64. The third-order valence-electron chi connectivity index (χ3n) is 5.93. The molecule has 0 aliphatic carbocycles. The third-order valence-corrected chi connectivity index (χ3v) is 5.93. The summed E-state index contributed by atoms with van der Waals surface area (Å²) in [6, 6.07) is 27.6. The normalized spacial score (nSPS) is 14.5. The Kier molecular flexibility index (Phi) is 5.50. The van der Waals surface area contributed by atoms with Crippen molar-refractivity contribution in [3.05, 3.63) is 96.2 Å². The van der Waals surface area contributed by atoms with Crippen molar-refractivity contribution in [3.8, 4) is 5.88 Å². The van der Waals surface area contributed by atoms with Gasteiger partial charge in [0.15, 0.2) is 0 Å². The van der Waals surface area contributed by atoms with E-state index in [1.807, 2.05) is 24.4 Å². The van der Waals surface area contributed by atoms with Gasteiger partial charge >= 0.3 is 0 Å². The smallest absolute Gasteiger partial charge is 0.213 e. The van der Waals surface area contributed by atoms with E-state index < -0.39 is 0 Å². The molecule has 31 heavy (non-hydrogen) atoms. The number of likely N-dealkylation sites (tertiary alicyclic amines) is 1. The Labute approximate surface area is 182 Å².